The van der Waals surface area contributed by atoms with Crippen LogP contribution in [0.4, 0.5) is 0 Å². The molecule has 8 nitrogen and oxygen atoms in total. The molecule has 3 rings (SSSR count). The summed E-state index contributed by atoms with van der Waals surface area (Å²) in [6, 6.07) is 3.76. The van der Waals surface area contributed by atoms with Crippen LogP contribution >= 0.6 is 0 Å². The molecule has 0 saturated carbocycles. The molecule has 0 spiro atoms. The van der Waals surface area contributed by atoms with Crippen molar-refractivity contribution in [3.8, 4) is 0 Å². The molecule has 1 fully saturated rings. The summed E-state index contributed by atoms with van der Waals surface area (Å²) in [6.45, 7) is 4.88. The van der Waals surface area contributed by atoms with Crippen LogP contribution in [0.3, 0.4) is 0 Å². The zero-order chi connectivity index (χ0) is 18.7. The van der Waals surface area contributed by atoms with E-state index in [4.69, 9.17) is 0 Å². The van der Waals surface area contributed by atoms with Crippen LogP contribution in [0, 0.1) is 0 Å². The smallest absolute Gasteiger partial charge is 0.268 e. The second-order valence-corrected chi connectivity index (χ2v) is 6.92. The standard InChI is InChI=1S/C18H26N6O2/c1-13(10-23-12-19-11-20-23)21-18(26)17-8-7-15(22(17)3)16-6-4-5-9-24(16)14(2)25/h7-8,11-13,16H,4-6,9-10H2,1-3H3,(H,21,26)/t13-,16-/m0/s1. The molecule has 0 unspecified atom stereocenters. The number of nitrogens with zero attached hydrogens (tertiary/aromatic N) is 5. The molecule has 0 aliphatic carbocycles. The Morgan fingerprint density at radius 1 is 1.35 bits per heavy atom. The maximum absolute atomic E-state index is 12.7. The van der Waals surface area contributed by atoms with E-state index in [9.17, 15) is 9.59 Å². The van der Waals surface area contributed by atoms with Crippen molar-refractivity contribution in [3.63, 3.8) is 0 Å². The highest BCUT2D eigenvalue weighted by Crippen LogP contribution is 2.31. The lowest BCUT2D eigenvalue weighted by Crippen LogP contribution is -2.39. The van der Waals surface area contributed by atoms with Gasteiger partial charge in [-0.25, -0.2) is 4.98 Å². The minimum Gasteiger partial charge on any atom is -0.346 e. The minimum absolute atomic E-state index is 0.0420. The van der Waals surface area contributed by atoms with Crippen molar-refractivity contribution in [1.29, 1.82) is 0 Å². The molecule has 1 aliphatic rings. The van der Waals surface area contributed by atoms with Gasteiger partial charge in [0, 0.05) is 32.3 Å². The van der Waals surface area contributed by atoms with Gasteiger partial charge in [-0.1, -0.05) is 0 Å². The number of carbonyl (C=O) groups is 2. The van der Waals surface area contributed by atoms with Gasteiger partial charge in [-0.15, -0.1) is 0 Å². The summed E-state index contributed by atoms with van der Waals surface area (Å²) in [5.41, 5.74) is 1.61. The lowest BCUT2D eigenvalue weighted by Gasteiger charge is -2.35. The lowest BCUT2D eigenvalue weighted by atomic mass is 9.99. The van der Waals surface area contributed by atoms with Crippen LogP contribution in [0.25, 0.3) is 0 Å². The number of nitrogens with one attached hydrogen (secondary N) is 1. The predicted molar refractivity (Wildman–Crippen MR) is 96.3 cm³/mol. The normalized spacial score (nSPS) is 18.6. The third-order valence-electron chi connectivity index (χ3n) is 4.95. The average Bonchev–Trinajstić information content (AvgIpc) is 3.24. The zero-order valence-corrected chi connectivity index (χ0v) is 15.6. The van der Waals surface area contributed by atoms with Gasteiger partial charge in [-0.2, -0.15) is 5.10 Å². The molecule has 140 valence electrons. The Hall–Kier alpha value is -2.64. The first-order chi connectivity index (χ1) is 12.5. The first kappa shape index (κ1) is 18.2. The molecule has 0 radical (unpaired) electrons. The van der Waals surface area contributed by atoms with Gasteiger partial charge in [-0.3, -0.25) is 14.3 Å². The van der Waals surface area contributed by atoms with E-state index in [1.54, 1.807) is 17.9 Å². The van der Waals surface area contributed by atoms with Crippen molar-refractivity contribution >= 4 is 11.8 Å². The third kappa shape index (κ3) is 3.79. The lowest BCUT2D eigenvalue weighted by molar-refractivity contribution is -0.132. The minimum atomic E-state index is -0.128. The van der Waals surface area contributed by atoms with Crippen molar-refractivity contribution < 1.29 is 9.59 Å². The van der Waals surface area contributed by atoms with Crippen LogP contribution in [0.1, 0.15) is 55.3 Å². The van der Waals surface area contributed by atoms with Crippen LogP contribution in [-0.2, 0) is 18.4 Å². The van der Waals surface area contributed by atoms with E-state index in [2.05, 4.69) is 15.4 Å². The van der Waals surface area contributed by atoms with E-state index < -0.39 is 0 Å². The Morgan fingerprint density at radius 3 is 2.85 bits per heavy atom. The van der Waals surface area contributed by atoms with Gasteiger partial charge in [0.05, 0.1) is 12.6 Å². The summed E-state index contributed by atoms with van der Waals surface area (Å²) < 4.78 is 3.59. The predicted octanol–water partition coefficient (Wildman–Crippen LogP) is 1.51. The van der Waals surface area contributed by atoms with E-state index in [-0.39, 0.29) is 23.9 Å². The van der Waals surface area contributed by atoms with E-state index in [0.29, 0.717) is 12.2 Å². The number of rotatable bonds is 5. The monoisotopic (exact) mass is 358 g/mol. The Bertz CT molecular complexity index is 767. The maximum atomic E-state index is 12.7. The number of likely N-dealkylation sites (tertiary alicyclic amines) is 1. The maximum Gasteiger partial charge on any atom is 0.268 e. The number of carbonyl (C=O) groups excluding carboxylic acids is 2. The molecule has 2 atom stereocenters. The van der Waals surface area contributed by atoms with Crippen LogP contribution in [-0.4, -0.2) is 48.6 Å². The van der Waals surface area contributed by atoms with Crippen LogP contribution in [0.5, 0.6) is 0 Å². The van der Waals surface area contributed by atoms with Gasteiger partial charge >= 0.3 is 0 Å². The summed E-state index contributed by atoms with van der Waals surface area (Å²) in [5, 5.41) is 7.05. The second kappa shape index (κ2) is 7.72. The molecule has 8 heteroatoms. The summed E-state index contributed by atoms with van der Waals surface area (Å²) in [4.78, 5) is 30.4. The SMILES string of the molecule is CC(=O)N1CCCC[C@H]1c1ccc(C(=O)N[C@@H](C)Cn2cncn2)n1C. The molecule has 26 heavy (non-hydrogen) atoms. The van der Waals surface area contributed by atoms with Crippen molar-refractivity contribution in [2.24, 2.45) is 7.05 Å². The molecule has 0 bridgehead atoms. The highest BCUT2D eigenvalue weighted by molar-refractivity contribution is 5.93. The number of hydrogen-bond acceptors (Lipinski definition) is 4. The van der Waals surface area contributed by atoms with Crippen molar-refractivity contribution in [2.75, 3.05) is 6.54 Å². The zero-order valence-electron chi connectivity index (χ0n) is 15.6. The quantitative estimate of drug-likeness (QED) is 0.878. The molecule has 1 aliphatic heterocycles. The highest BCUT2D eigenvalue weighted by atomic mass is 16.2. The number of aromatic nitrogens is 4. The third-order valence-corrected chi connectivity index (χ3v) is 4.95. The molecule has 2 amide bonds. The molecular weight excluding hydrogens is 332 g/mol. The van der Waals surface area contributed by atoms with Crippen molar-refractivity contribution in [2.45, 2.75) is 51.7 Å². The van der Waals surface area contributed by atoms with Gasteiger partial charge < -0.3 is 14.8 Å². The first-order valence-electron chi connectivity index (χ1n) is 9.03. The summed E-state index contributed by atoms with van der Waals surface area (Å²) in [5.74, 6) is -0.0418. The molecule has 0 aromatic carbocycles. The van der Waals surface area contributed by atoms with Gasteiger partial charge in [0.25, 0.3) is 5.91 Å². The molecule has 2 aromatic rings. The fourth-order valence-corrected chi connectivity index (χ4v) is 3.66. The van der Waals surface area contributed by atoms with E-state index in [0.717, 1.165) is 31.5 Å². The average molecular weight is 358 g/mol. The Balaban J connectivity index is 1.71. The molecule has 1 saturated heterocycles. The van der Waals surface area contributed by atoms with E-state index in [1.165, 1.54) is 6.33 Å². The number of amides is 2. The number of piperidine rings is 1. The Kier molecular flexibility index (Phi) is 5.39. The fraction of sp³-hybridized carbons (Fsp3) is 0.556. The second-order valence-electron chi connectivity index (χ2n) is 6.92. The Morgan fingerprint density at radius 2 is 2.15 bits per heavy atom. The molecule has 3 heterocycles. The molecule has 1 N–H and O–H groups in total. The van der Waals surface area contributed by atoms with Gasteiger partial charge in [0.2, 0.25) is 5.91 Å². The Labute approximate surface area is 153 Å². The first-order valence-corrected chi connectivity index (χ1v) is 9.03. The van der Waals surface area contributed by atoms with Crippen LogP contribution in [0.2, 0.25) is 0 Å². The molecule has 2 aromatic heterocycles. The van der Waals surface area contributed by atoms with Gasteiger partial charge in [0.15, 0.2) is 0 Å². The fourth-order valence-electron chi connectivity index (χ4n) is 3.66. The van der Waals surface area contributed by atoms with E-state index in [1.807, 2.05) is 35.6 Å². The van der Waals surface area contributed by atoms with Crippen molar-refractivity contribution in [1.82, 2.24) is 29.5 Å². The van der Waals surface area contributed by atoms with Gasteiger partial charge in [-0.05, 0) is 38.3 Å². The summed E-state index contributed by atoms with van der Waals surface area (Å²) >= 11 is 0. The largest absolute Gasteiger partial charge is 0.346 e. The van der Waals surface area contributed by atoms with Gasteiger partial charge in [0.1, 0.15) is 18.3 Å². The topological polar surface area (TPSA) is 85.1 Å². The van der Waals surface area contributed by atoms with Crippen LogP contribution in [0.15, 0.2) is 24.8 Å². The highest BCUT2D eigenvalue weighted by Gasteiger charge is 2.29. The van der Waals surface area contributed by atoms with E-state index >= 15 is 0 Å². The number of hydrogen-bond donors (Lipinski definition) is 1. The molecular formula is C18H26N6O2. The summed E-state index contributed by atoms with van der Waals surface area (Å²) in [7, 11) is 1.89. The van der Waals surface area contributed by atoms with Crippen molar-refractivity contribution in [3.05, 3.63) is 36.2 Å². The summed E-state index contributed by atoms with van der Waals surface area (Å²) in [6.07, 6.45) is 6.16. The van der Waals surface area contributed by atoms with Crippen LogP contribution < -0.4 is 5.32 Å².